The van der Waals surface area contributed by atoms with Crippen LogP contribution in [-0.2, 0) is 21.4 Å². The Morgan fingerprint density at radius 1 is 1.11 bits per heavy atom. The molecule has 1 aliphatic rings. The predicted molar refractivity (Wildman–Crippen MR) is 106 cm³/mol. The van der Waals surface area contributed by atoms with Crippen molar-refractivity contribution >= 4 is 15.9 Å². The number of sulfonamides is 1. The molecule has 7 heteroatoms. The van der Waals surface area contributed by atoms with Crippen molar-refractivity contribution < 1.29 is 17.6 Å². The molecule has 1 N–H and O–H groups in total. The zero-order valence-corrected chi connectivity index (χ0v) is 16.7. The standard InChI is InChI=1S/C21H25FN2O3S/c1-16-5-11-20(12-6-16)28(26,27)24-13-3-2-4-19(24)14-21(25)23-15-17-7-9-18(22)10-8-17/h5-12,19H,2-4,13-15H2,1H3,(H,23,25). The van der Waals surface area contributed by atoms with Crippen molar-refractivity contribution in [3.05, 3.63) is 65.5 Å². The van der Waals surface area contributed by atoms with Gasteiger partial charge in [0.15, 0.2) is 0 Å². The molecular formula is C21H25FN2O3S. The van der Waals surface area contributed by atoms with Crippen LogP contribution in [0.4, 0.5) is 4.39 Å². The molecule has 0 saturated carbocycles. The van der Waals surface area contributed by atoms with E-state index in [9.17, 15) is 17.6 Å². The van der Waals surface area contributed by atoms with Gasteiger partial charge in [0.05, 0.1) is 4.90 Å². The van der Waals surface area contributed by atoms with Gasteiger partial charge in [-0.05, 0) is 49.6 Å². The normalized spacial score (nSPS) is 18.0. The Balaban J connectivity index is 1.66. The lowest BCUT2D eigenvalue weighted by Crippen LogP contribution is -2.45. The maximum absolute atomic E-state index is 13.1. The Morgan fingerprint density at radius 3 is 2.46 bits per heavy atom. The number of carbonyl (C=O) groups excluding carboxylic acids is 1. The monoisotopic (exact) mass is 404 g/mol. The van der Waals surface area contributed by atoms with Crippen LogP contribution < -0.4 is 5.32 Å². The largest absolute Gasteiger partial charge is 0.352 e. The van der Waals surface area contributed by atoms with E-state index in [1.165, 1.54) is 16.4 Å². The lowest BCUT2D eigenvalue weighted by atomic mass is 10.0. The number of nitrogens with zero attached hydrogens (tertiary/aromatic N) is 1. The highest BCUT2D eigenvalue weighted by molar-refractivity contribution is 7.89. The van der Waals surface area contributed by atoms with Crippen LogP contribution in [0.15, 0.2) is 53.4 Å². The van der Waals surface area contributed by atoms with Gasteiger partial charge in [-0.25, -0.2) is 12.8 Å². The van der Waals surface area contributed by atoms with Gasteiger partial charge in [-0.2, -0.15) is 4.31 Å². The van der Waals surface area contributed by atoms with E-state index in [1.54, 1.807) is 36.4 Å². The first-order chi connectivity index (χ1) is 13.4. The Labute approximate surface area is 165 Å². The van der Waals surface area contributed by atoms with E-state index in [2.05, 4.69) is 5.32 Å². The van der Waals surface area contributed by atoms with E-state index >= 15 is 0 Å². The van der Waals surface area contributed by atoms with Gasteiger partial charge < -0.3 is 5.32 Å². The number of benzene rings is 2. The van der Waals surface area contributed by atoms with Gasteiger partial charge in [0, 0.05) is 25.6 Å². The summed E-state index contributed by atoms with van der Waals surface area (Å²) in [7, 11) is -3.63. The Kier molecular flexibility index (Phi) is 6.46. The summed E-state index contributed by atoms with van der Waals surface area (Å²) in [6.07, 6.45) is 2.47. The molecule has 0 bridgehead atoms. The zero-order chi connectivity index (χ0) is 20.1. The SMILES string of the molecule is Cc1ccc(S(=O)(=O)N2CCCCC2CC(=O)NCc2ccc(F)cc2)cc1. The molecule has 1 heterocycles. The molecule has 150 valence electrons. The van der Waals surface area contributed by atoms with Crippen LogP contribution in [0.3, 0.4) is 0 Å². The van der Waals surface area contributed by atoms with Crippen LogP contribution in [0.1, 0.15) is 36.8 Å². The average molecular weight is 405 g/mol. The van der Waals surface area contributed by atoms with E-state index in [0.717, 1.165) is 24.0 Å². The van der Waals surface area contributed by atoms with Crippen molar-refractivity contribution in [1.82, 2.24) is 9.62 Å². The van der Waals surface area contributed by atoms with Crippen molar-refractivity contribution in [2.24, 2.45) is 0 Å². The Hall–Kier alpha value is -2.25. The Bertz CT molecular complexity index is 912. The lowest BCUT2D eigenvalue weighted by Gasteiger charge is -2.34. The number of hydrogen-bond donors (Lipinski definition) is 1. The minimum Gasteiger partial charge on any atom is -0.352 e. The number of rotatable bonds is 6. The highest BCUT2D eigenvalue weighted by Gasteiger charge is 2.34. The molecule has 0 aliphatic carbocycles. The second-order valence-corrected chi connectivity index (χ2v) is 9.08. The number of hydrogen-bond acceptors (Lipinski definition) is 3. The summed E-state index contributed by atoms with van der Waals surface area (Å²) in [5.41, 5.74) is 1.79. The van der Waals surface area contributed by atoms with E-state index in [4.69, 9.17) is 0 Å². The van der Waals surface area contributed by atoms with E-state index in [0.29, 0.717) is 13.0 Å². The number of amides is 1. The highest BCUT2D eigenvalue weighted by atomic mass is 32.2. The van der Waals surface area contributed by atoms with Crippen molar-refractivity contribution in [3.63, 3.8) is 0 Å². The van der Waals surface area contributed by atoms with Crippen LogP contribution in [-0.4, -0.2) is 31.2 Å². The number of halogens is 1. The van der Waals surface area contributed by atoms with Gasteiger partial charge in [-0.1, -0.05) is 36.2 Å². The minimum absolute atomic E-state index is 0.117. The van der Waals surface area contributed by atoms with Gasteiger partial charge in [0.1, 0.15) is 5.82 Å². The van der Waals surface area contributed by atoms with Crippen LogP contribution in [0.25, 0.3) is 0 Å². The van der Waals surface area contributed by atoms with Crippen molar-refractivity contribution in [1.29, 1.82) is 0 Å². The molecule has 3 rings (SSSR count). The molecule has 0 spiro atoms. The molecule has 2 aromatic rings. The summed E-state index contributed by atoms with van der Waals surface area (Å²) in [5, 5.41) is 2.80. The summed E-state index contributed by atoms with van der Waals surface area (Å²) >= 11 is 0. The first-order valence-electron chi connectivity index (χ1n) is 9.46. The van der Waals surface area contributed by atoms with Gasteiger partial charge in [-0.3, -0.25) is 4.79 Å². The summed E-state index contributed by atoms with van der Waals surface area (Å²) in [6, 6.07) is 12.4. The van der Waals surface area contributed by atoms with Crippen LogP contribution in [0.5, 0.6) is 0 Å². The molecule has 1 amide bonds. The summed E-state index contributed by atoms with van der Waals surface area (Å²) in [5.74, 6) is -0.533. The van der Waals surface area contributed by atoms with Crippen molar-refractivity contribution in [2.75, 3.05) is 6.54 Å². The highest BCUT2D eigenvalue weighted by Crippen LogP contribution is 2.27. The maximum Gasteiger partial charge on any atom is 0.243 e. The van der Waals surface area contributed by atoms with E-state index < -0.39 is 10.0 Å². The molecule has 1 fully saturated rings. The molecule has 5 nitrogen and oxygen atoms in total. The molecule has 2 aromatic carbocycles. The fraction of sp³-hybridized carbons (Fsp3) is 0.381. The second kappa shape index (κ2) is 8.84. The third-order valence-corrected chi connectivity index (χ3v) is 6.99. The number of carbonyl (C=O) groups is 1. The predicted octanol–water partition coefficient (Wildman–Crippen LogP) is 3.38. The third-order valence-electron chi connectivity index (χ3n) is 5.02. The molecule has 1 saturated heterocycles. The maximum atomic E-state index is 13.1. The lowest BCUT2D eigenvalue weighted by molar-refractivity contribution is -0.122. The van der Waals surface area contributed by atoms with Crippen LogP contribution in [0, 0.1) is 12.7 Å². The number of nitrogens with one attached hydrogen (secondary N) is 1. The topological polar surface area (TPSA) is 66.5 Å². The summed E-state index contributed by atoms with van der Waals surface area (Å²) < 4.78 is 40.6. The number of piperidine rings is 1. The van der Waals surface area contributed by atoms with E-state index in [1.807, 2.05) is 6.92 Å². The first-order valence-corrected chi connectivity index (χ1v) is 10.9. The second-order valence-electron chi connectivity index (χ2n) is 7.19. The van der Waals surface area contributed by atoms with Crippen LogP contribution >= 0.6 is 0 Å². The van der Waals surface area contributed by atoms with Crippen LogP contribution in [0.2, 0.25) is 0 Å². The summed E-state index contributed by atoms with van der Waals surface area (Å²) in [4.78, 5) is 12.7. The number of aryl methyl sites for hydroxylation is 1. The average Bonchev–Trinajstić information content (AvgIpc) is 2.68. The Morgan fingerprint density at radius 2 is 1.79 bits per heavy atom. The molecular weight excluding hydrogens is 379 g/mol. The quantitative estimate of drug-likeness (QED) is 0.803. The van der Waals surface area contributed by atoms with Gasteiger partial charge in [0.25, 0.3) is 0 Å². The first kappa shape index (κ1) is 20.5. The summed E-state index contributed by atoms with van der Waals surface area (Å²) in [6.45, 7) is 2.62. The molecule has 1 atom stereocenters. The molecule has 1 unspecified atom stereocenters. The van der Waals surface area contributed by atoms with Crippen molar-refractivity contribution in [2.45, 2.75) is 50.1 Å². The van der Waals surface area contributed by atoms with Gasteiger partial charge in [-0.15, -0.1) is 0 Å². The van der Waals surface area contributed by atoms with Gasteiger partial charge in [0.2, 0.25) is 15.9 Å². The fourth-order valence-electron chi connectivity index (χ4n) is 3.43. The zero-order valence-electron chi connectivity index (χ0n) is 15.9. The van der Waals surface area contributed by atoms with Crippen molar-refractivity contribution in [3.8, 4) is 0 Å². The van der Waals surface area contributed by atoms with Gasteiger partial charge >= 0.3 is 0 Å². The molecule has 0 aromatic heterocycles. The minimum atomic E-state index is -3.63. The molecule has 0 radical (unpaired) electrons. The molecule has 1 aliphatic heterocycles. The molecule has 28 heavy (non-hydrogen) atoms. The smallest absolute Gasteiger partial charge is 0.243 e. The third kappa shape index (κ3) is 4.97. The fourth-order valence-corrected chi connectivity index (χ4v) is 5.12. The van der Waals surface area contributed by atoms with E-state index in [-0.39, 0.29) is 35.6 Å².